The molecule has 0 radical (unpaired) electrons. The number of carbonyl (C=O) groups is 1. The molecule has 0 unspecified atom stereocenters. The quantitative estimate of drug-likeness (QED) is 0.707. The maximum atomic E-state index is 12.7. The molecule has 0 saturated carbocycles. The molecule has 3 nitrogen and oxygen atoms in total. The van der Waals surface area contributed by atoms with Crippen molar-refractivity contribution in [1.29, 1.82) is 0 Å². The van der Waals surface area contributed by atoms with E-state index in [2.05, 4.69) is 12.1 Å². The summed E-state index contributed by atoms with van der Waals surface area (Å²) in [5.74, 6) is 0.240. The Morgan fingerprint density at radius 3 is 2.18 bits per heavy atom. The van der Waals surface area contributed by atoms with Gasteiger partial charge >= 0.3 is 0 Å². The molecule has 0 aliphatic carbocycles. The summed E-state index contributed by atoms with van der Waals surface area (Å²) in [5.41, 5.74) is 2.08. The second-order valence-electron chi connectivity index (χ2n) is 5.01. The lowest BCUT2D eigenvalue weighted by Crippen LogP contribution is -2.32. The number of anilines is 1. The first-order valence-electron chi connectivity index (χ1n) is 7.29. The van der Waals surface area contributed by atoms with Gasteiger partial charge in [0.25, 0.3) is 5.91 Å². The predicted molar refractivity (Wildman–Crippen MR) is 87.0 cm³/mol. The summed E-state index contributed by atoms with van der Waals surface area (Å²) in [6, 6.07) is 23.3. The zero-order valence-electron chi connectivity index (χ0n) is 12.2. The Morgan fingerprint density at radius 1 is 0.864 bits per heavy atom. The Morgan fingerprint density at radius 2 is 1.55 bits per heavy atom. The summed E-state index contributed by atoms with van der Waals surface area (Å²) in [5, 5.41) is 0. The molecule has 2 aromatic carbocycles. The number of hydrogen-bond acceptors (Lipinski definition) is 2. The van der Waals surface area contributed by atoms with Crippen molar-refractivity contribution in [3.63, 3.8) is 0 Å². The van der Waals surface area contributed by atoms with Crippen molar-refractivity contribution in [1.82, 2.24) is 0 Å². The van der Waals surface area contributed by atoms with Gasteiger partial charge in [0, 0.05) is 12.2 Å². The minimum atomic E-state index is -0.118. The van der Waals surface area contributed by atoms with Gasteiger partial charge in [-0.3, -0.25) is 4.79 Å². The van der Waals surface area contributed by atoms with Crippen LogP contribution >= 0.6 is 0 Å². The average Bonchev–Trinajstić information content (AvgIpc) is 3.11. The Bertz CT molecular complexity index is 706. The maximum absolute atomic E-state index is 12.7. The van der Waals surface area contributed by atoms with Crippen molar-refractivity contribution in [2.45, 2.75) is 6.42 Å². The summed E-state index contributed by atoms with van der Waals surface area (Å²) in [4.78, 5) is 14.4. The third kappa shape index (κ3) is 3.26. The van der Waals surface area contributed by atoms with Crippen LogP contribution in [0.4, 0.5) is 5.69 Å². The minimum absolute atomic E-state index is 0.118. The van der Waals surface area contributed by atoms with Crippen molar-refractivity contribution in [2.24, 2.45) is 0 Å². The molecule has 3 rings (SSSR count). The molecular formula is C19H17NO2. The van der Waals surface area contributed by atoms with Crippen molar-refractivity contribution in [3.05, 3.63) is 90.4 Å². The van der Waals surface area contributed by atoms with Crippen LogP contribution in [0.25, 0.3) is 0 Å². The van der Waals surface area contributed by atoms with E-state index in [0.717, 1.165) is 12.1 Å². The highest BCUT2D eigenvalue weighted by Crippen LogP contribution is 2.18. The van der Waals surface area contributed by atoms with Gasteiger partial charge in [-0.25, -0.2) is 0 Å². The Hall–Kier alpha value is -2.81. The Balaban J connectivity index is 1.82. The van der Waals surface area contributed by atoms with Gasteiger partial charge in [-0.2, -0.15) is 0 Å². The number of rotatable bonds is 5. The molecule has 0 saturated heterocycles. The van der Waals surface area contributed by atoms with E-state index in [-0.39, 0.29) is 5.91 Å². The Labute approximate surface area is 129 Å². The number of nitrogens with zero attached hydrogens (tertiary/aromatic N) is 1. The van der Waals surface area contributed by atoms with Crippen LogP contribution in [-0.2, 0) is 6.42 Å². The molecule has 22 heavy (non-hydrogen) atoms. The van der Waals surface area contributed by atoms with Crippen LogP contribution in [0.15, 0.2) is 83.5 Å². The third-order valence-corrected chi connectivity index (χ3v) is 3.51. The van der Waals surface area contributed by atoms with E-state index in [1.807, 2.05) is 48.5 Å². The molecule has 0 fully saturated rings. The molecule has 0 bridgehead atoms. The van der Waals surface area contributed by atoms with Crippen molar-refractivity contribution >= 4 is 11.6 Å². The van der Waals surface area contributed by atoms with Crippen molar-refractivity contribution < 1.29 is 9.21 Å². The van der Waals surface area contributed by atoms with Crippen LogP contribution in [0.2, 0.25) is 0 Å². The fraction of sp³-hybridized carbons (Fsp3) is 0.105. The lowest BCUT2D eigenvalue weighted by Gasteiger charge is -2.22. The number of furan rings is 1. The summed E-state index contributed by atoms with van der Waals surface area (Å²) >= 11 is 0. The molecule has 1 aromatic heterocycles. The van der Waals surface area contributed by atoms with Gasteiger partial charge in [-0.1, -0.05) is 48.5 Å². The predicted octanol–water partition coefficient (Wildman–Crippen LogP) is 4.17. The monoisotopic (exact) mass is 291 g/mol. The van der Waals surface area contributed by atoms with E-state index in [1.165, 1.54) is 11.8 Å². The normalized spacial score (nSPS) is 10.4. The van der Waals surface area contributed by atoms with Crippen LogP contribution in [0.1, 0.15) is 16.1 Å². The van der Waals surface area contributed by atoms with E-state index in [4.69, 9.17) is 4.42 Å². The van der Waals surface area contributed by atoms with Gasteiger partial charge in [0.2, 0.25) is 0 Å². The fourth-order valence-electron chi connectivity index (χ4n) is 2.37. The third-order valence-electron chi connectivity index (χ3n) is 3.51. The Kier molecular flexibility index (Phi) is 4.35. The summed E-state index contributed by atoms with van der Waals surface area (Å²) in [7, 11) is 0. The highest BCUT2D eigenvalue weighted by atomic mass is 16.3. The first kappa shape index (κ1) is 14.1. The van der Waals surface area contributed by atoms with E-state index in [1.54, 1.807) is 17.0 Å². The maximum Gasteiger partial charge on any atom is 0.293 e. The lowest BCUT2D eigenvalue weighted by molar-refractivity contribution is 0.0960. The molecule has 1 heterocycles. The fourth-order valence-corrected chi connectivity index (χ4v) is 2.37. The number of amides is 1. The number of carbonyl (C=O) groups excluding carboxylic acids is 1. The molecule has 0 N–H and O–H groups in total. The minimum Gasteiger partial charge on any atom is -0.459 e. The topological polar surface area (TPSA) is 33.5 Å². The van der Waals surface area contributed by atoms with E-state index in [9.17, 15) is 4.79 Å². The van der Waals surface area contributed by atoms with Crippen LogP contribution in [-0.4, -0.2) is 12.5 Å². The molecular weight excluding hydrogens is 274 g/mol. The number of para-hydroxylation sites is 1. The highest BCUT2D eigenvalue weighted by Gasteiger charge is 2.19. The second kappa shape index (κ2) is 6.76. The van der Waals surface area contributed by atoms with Crippen LogP contribution in [0.5, 0.6) is 0 Å². The molecule has 0 spiro atoms. The van der Waals surface area contributed by atoms with Crippen LogP contribution in [0, 0.1) is 0 Å². The zero-order chi connectivity index (χ0) is 15.2. The summed E-state index contributed by atoms with van der Waals surface area (Å²) in [6.45, 7) is 0.605. The van der Waals surface area contributed by atoms with Gasteiger partial charge in [0.05, 0.1) is 6.26 Å². The molecule has 0 atom stereocenters. The van der Waals surface area contributed by atoms with Crippen LogP contribution < -0.4 is 4.90 Å². The SMILES string of the molecule is O=C(c1ccco1)N(CCc1ccccc1)c1ccccc1. The van der Waals surface area contributed by atoms with E-state index >= 15 is 0 Å². The summed E-state index contributed by atoms with van der Waals surface area (Å²) < 4.78 is 5.26. The number of benzene rings is 2. The standard InChI is InChI=1S/C19H17NO2/c21-19(18-12-7-15-22-18)20(17-10-5-2-6-11-17)14-13-16-8-3-1-4-9-16/h1-12,15H,13-14H2. The molecule has 0 aliphatic heterocycles. The first-order valence-corrected chi connectivity index (χ1v) is 7.29. The summed E-state index contributed by atoms with van der Waals surface area (Å²) in [6.07, 6.45) is 2.32. The first-order chi connectivity index (χ1) is 10.8. The van der Waals surface area contributed by atoms with E-state index in [0.29, 0.717) is 12.3 Å². The molecule has 110 valence electrons. The van der Waals surface area contributed by atoms with E-state index < -0.39 is 0 Å². The van der Waals surface area contributed by atoms with Crippen LogP contribution in [0.3, 0.4) is 0 Å². The van der Waals surface area contributed by atoms with Crippen molar-refractivity contribution in [2.75, 3.05) is 11.4 Å². The second-order valence-corrected chi connectivity index (χ2v) is 5.01. The molecule has 3 aromatic rings. The van der Waals surface area contributed by atoms with Gasteiger partial charge in [-0.15, -0.1) is 0 Å². The molecule has 0 aliphatic rings. The van der Waals surface area contributed by atoms with Crippen molar-refractivity contribution in [3.8, 4) is 0 Å². The smallest absolute Gasteiger partial charge is 0.293 e. The largest absolute Gasteiger partial charge is 0.459 e. The molecule has 1 amide bonds. The molecule has 3 heteroatoms. The van der Waals surface area contributed by atoms with Gasteiger partial charge < -0.3 is 9.32 Å². The van der Waals surface area contributed by atoms with Gasteiger partial charge in [-0.05, 0) is 36.2 Å². The number of hydrogen-bond donors (Lipinski definition) is 0. The van der Waals surface area contributed by atoms with Gasteiger partial charge in [0.1, 0.15) is 0 Å². The highest BCUT2D eigenvalue weighted by molar-refractivity contribution is 6.04. The zero-order valence-corrected chi connectivity index (χ0v) is 12.2. The van der Waals surface area contributed by atoms with Gasteiger partial charge in [0.15, 0.2) is 5.76 Å². The lowest BCUT2D eigenvalue weighted by atomic mass is 10.1. The average molecular weight is 291 g/mol.